The van der Waals surface area contributed by atoms with Crippen LogP contribution in [0.1, 0.15) is 11.1 Å². The Morgan fingerprint density at radius 3 is 2.41 bits per heavy atom. The highest BCUT2D eigenvalue weighted by molar-refractivity contribution is 7.93. The third-order valence-electron chi connectivity index (χ3n) is 3.25. The molecule has 0 atom stereocenters. The summed E-state index contributed by atoms with van der Waals surface area (Å²) in [4.78, 5) is 4.55. The fourth-order valence-corrected chi connectivity index (χ4v) is 4.49. The summed E-state index contributed by atoms with van der Waals surface area (Å²) in [5.74, 6) is 0. The molecular weight excluding hydrogens is 340 g/mol. The van der Waals surface area contributed by atoms with E-state index in [1.54, 1.807) is 30.3 Å². The Hall–Kier alpha value is -1.63. The van der Waals surface area contributed by atoms with Crippen molar-refractivity contribution in [2.45, 2.75) is 18.7 Å². The zero-order chi connectivity index (χ0) is 15.9. The van der Waals surface area contributed by atoms with Crippen molar-refractivity contribution in [3.8, 4) is 0 Å². The van der Waals surface area contributed by atoms with Gasteiger partial charge < -0.3 is 0 Å². The first-order chi connectivity index (χ1) is 10.4. The molecule has 0 radical (unpaired) electrons. The molecule has 114 valence electrons. The van der Waals surface area contributed by atoms with Crippen molar-refractivity contribution in [1.82, 2.24) is 4.98 Å². The molecule has 0 aliphatic carbocycles. The van der Waals surface area contributed by atoms with Crippen LogP contribution in [-0.2, 0) is 10.0 Å². The molecule has 7 heteroatoms. The van der Waals surface area contributed by atoms with Crippen LogP contribution in [0, 0.1) is 13.8 Å². The van der Waals surface area contributed by atoms with Crippen LogP contribution in [0.5, 0.6) is 0 Å². The number of hydrogen-bond donors (Lipinski definition) is 1. The van der Waals surface area contributed by atoms with Crippen LogP contribution < -0.4 is 4.72 Å². The molecule has 2 aromatic carbocycles. The van der Waals surface area contributed by atoms with Gasteiger partial charge in [0.25, 0.3) is 10.0 Å². The Balaban J connectivity index is 2.00. The van der Waals surface area contributed by atoms with Crippen LogP contribution in [0.15, 0.2) is 41.3 Å². The number of sulfonamides is 1. The van der Waals surface area contributed by atoms with E-state index in [1.807, 2.05) is 19.9 Å². The van der Waals surface area contributed by atoms with Gasteiger partial charge in [0.1, 0.15) is 0 Å². The smallest absolute Gasteiger partial charge is 0.255 e. The summed E-state index contributed by atoms with van der Waals surface area (Å²) in [6.45, 7) is 3.82. The van der Waals surface area contributed by atoms with Gasteiger partial charge in [0.2, 0.25) is 0 Å². The molecule has 4 nitrogen and oxygen atoms in total. The summed E-state index contributed by atoms with van der Waals surface area (Å²) in [6.07, 6.45) is 0. The lowest BCUT2D eigenvalue weighted by Gasteiger charge is -2.05. The minimum absolute atomic E-state index is 0.208. The molecule has 0 bridgehead atoms. The fraction of sp³-hybridized carbons (Fsp3) is 0.133. The summed E-state index contributed by atoms with van der Waals surface area (Å²) in [5.41, 5.74) is 2.68. The molecule has 1 heterocycles. The number of hydrogen-bond acceptors (Lipinski definition) is 4. The fourth-order valence-electron chi connectivity index (χ4n) is 2.04. The molecule has 3 rings (SSSR count). The normalized spacial score (nSPS) is 11.8. The van der Waals surface area contributed by atoms with Gasteiger partial charge in [-0.2, -0.15) is 0 Å². The molecule has 22 heavy (non-hydrogen) atoms. The molecule has 0 amide bonds. The Kier molecular flexibility index (Phi) is 3.84. The molecule has 0 saturated heterocycles. The van der Waals surface area contributed by atoms with Crippen LogP contribution in [-0.4, -0.2) is 13.4 Å². The average Bonchev–Trinajstić information content (AvgIpc) is 2.88. The summed E-state index contributed by atoms with van der Waals surface area (Å²) in [7, 11) is -3.65. The van der Waals surface area contributed by atoms with Crippen molar-refractivity contribution in [3.63, 3.8) is 0 Å². The number of halogens is 1. The highest BCUT2D eigenvalue weighted by Gasteiger charge is 2.17. The van der Waals surface area contributed by atoms with E-state index in [0.717, 1.165) is 21.3 Å². The summed E-state index contributed by atoms with van der Waals surface area (Å²) >= 11 is 7.37. The van der Waals surface area contributed by atoms with Gasteiger partial charge in [0, 0.05) is 0 Å². The summed E-state index contributed by atoms with van der Waals surface area (Å²) < 4.78 is 28.1. The summed E-state index contributed by atoms with van der Waals surface area (Å²) in [5, 5.41) is 0.880. The van der Waals surface area contributed by atoms with Crippen LogP contribution in [0.3, 0.4) is 0 Å². The van der Waals surface area contributed by atoms with Gasteiger partial charge in [-0.1, -0.05) is 46.7 Å². The van der Waals surface area contributed by atoms with Crippen LogP contribution in [0.4, 0.5) is 5.13 Å². The Bertz CT molecular complexity index is 909. The molecule has 1 N–H and O–H groups in total. The molecule has 1 aromatic heterocycles. The summed E-state index contributed by atoms with van der Waals surface area (Å²) in [6, 6.07) is 10.3. The van der Waals surface area contributed by atoms with Gasteiger partial charge >= 0.3 is 0 Å². The number of rotatable bonds is 3. The van der Waals surface area contributed by atoms with E-state index in [4.69, 9.17) is 11.6 Å². The lowest BCUT2D eigenvalue weighted by Crippen LogP contribution is -2.12. The zero-order valence-corrected chi connectivity index (χ0v) is 14.3. The number of thiazole rings is 1. The van der Waals surface area contributed by atoms with Crippen LogP contribution in [0.25, 0.3) is 10.2 Å². The van der Waals surface area contributed by atoms with Gasteiger partial charge in [-0.3, -0.25) is 4.72 Å². The number of anilines is 1. The van der Waals surface area contributed by atoms with Gasteiger partial charge in [-0.05, 0) is 37.6 Å². The Morgan fingerprint density at radius 2 is 1.77 bits per heavy atom. The number of fused-ring (bicyclic) bond motifs is 1. The van der Waals surface area contributed by atoms with Gasteiger partial charge in [0.05, 0.1) is 20.1 Å². The zero-order valence-electron chi connectivity index (χ0n) is 11.9. The number of aryl methyl sites for hydroxylation is 2. The predicted octanol–water partition coefficient (Wildman–Crippen LogP) is 4.37. The first-order valence-corrected chi connectivity index (χ1v) is 9.20. The Morgan fingerprint density at radius 1 is 1.09 bits per heavy atom. The van der Waals surface area contributed by atoms with Crippen molar-refractivity contribution in [3.05, 3.63) is 52.5 Å². The highest BCUT2D eigenvalue weighted by Crippen LogP contribution is 2.34. The predicted molar refractivity (Wildman–Crippen MR) is 91.4 cm³/mol. The van der Waals surface area contributed by atoms with Crippen molar-refractivity contribution >= 4 is 48.3 Å². The molecule has 3 aromatic rings. The number of nitrogens with zero attached hydrogens (tertiary/aromatic N) is 1. The maximum Gasteiger partial charge on any atom is 0.263 e. The second-order valence-corrected chi connectivity index (χ2v) is 8.07. The van der Waals surface area contributed by atoms with Gasteiger partial charge in [0.15, 0.2) is 5.13 Å². The molecule has 0 fully saturated rings. The quantitative estimate of drug-likeness (QED) is 0.761. The van der Waals surface area contributed by atoms with E-state index in [1.165, 1.54) is 11.3 Å². The van der Waals surface area contributed by atoms with E-state index in [-0.39, 0.29) is 4.90 Å². The molecular formula is C15H13ClN2O2S2. The maximum absolute atomic E-state index is 12.4. The first kappa shape index (κ1) is 15.3. The molecule has 0 unspecified atom stereocenters. The molecule has 0 aliphatic rings. The minimum atomic E-state index is -3.65. The molecule has 0 saturated carbocycles. The van der Waals surface area contributed by atoms with E-state index >= 15 is 0 Å². The number of aromatic nitrogens is 1. The van der Waals surface area contributed by atoms with Gasteiger partial charge in [-0.15, -0.1) is 0 Å². The van der Waals surface area contributed by atoms with E-state index in [2.05, 4.69) is 9.71 Å². The van der Waals surface area contributed by atoms with Crippen molar-refractivity contribution in [2.75, 3.05) is 4.72 Å². The largest absolute Gasteiger partial charge is 0.263 e. The maximum atomic E-state index is 12.4. The van der Waals surface area contributed by atoms with Crippen molar-refractivity contribution in [2.24, 2.45) is 0 Å². The van der Waals surface area contributed by atoms with Crippen molar-refractivity contribution < 1.29 is 8.42 Å². The second-order valence-electron chi connectivity index (χ2n) is 4.98. The number of nitrogens with one attached hydrogen (secondary N) is 1. The molecule has 0 spiro atoms. The average molecular weight is 353 g/mol. The Labute approximate surface area is 137 Å². The van der Waals surface area contributed by atoms with E-state index in [0.29, 0.717) is 10.2 Å². The highest BCUT2D eigenvalue weighted by atomic mass is 35.5. The van der Waals surface area contributed by atoms with Crippen molar-refractivity contribution in [1.29, 1.82) is 0 Å². The third-order valence-corrected chi connectivity index (χ3v) is 6.17. The lowest BCUT2D eigenvalue weighted by atomic mass is 10.2. The van der Waals surface area contributed by atoms with Gasteiger partial charge in [-0.25, -0.2) is 13.4 Å². The molecule has 0 aliphatic heterocycles. The first-order valence-electron chi connectivity index (χ1n) is 6.52. The minimum Gasteiger partial charge on any atom is -0.255 e. The third kappa shape index (κ3) is 2.82. The SMILES string of the molecule is Cc1ccc(S(=O)(=O)Nc2nc3c(C)ccc(Cl)c3s2)cc1. The van der Waals surface area contributed by atoms with Crippen LogP contribution >= 0.6 is 22.9 Å². The number of benzene rings is 2. The van der Waals surface area contributed by atoms with E-state index in [9.17, 15) is 8.42 Å². The lowest BCUT2D eigenvalue weighted by molar-refractivity contribution is 0.601. The van der Waals surface area contributed by atoms with Crippen LogP contribution in [0.2, 0.25) is 5.02 Å². The topological polar surface area (TPSA) is 59.1 Å². The second kappa shape index (κ2) is 5.53. The standard InChI is InChI=1S/C15H13ClN2O2S2/c1-9-3-6-11(7-4-9)22(19,20)18-15-17-13-10(2)5-8-12(16)14(13)21-15/h3-8H,1-2H3,(H,17,18). The van der Waals surface area contributed by atoms with E-state index < -0.39 is 10.0 Å². The monoisotopic (exact) mass is 352 g/mol.